The molecule has 2 rings (SSSR count). The van der Waals surface area contributed by atoms with Crippen molar-refractivity contribution in [2.45, 2.75) is 25.6 Å². The molecule has 0 bridgehead atoms. The molecule has 1 N–H and O–H groups in total. The summed E-state index contributed by atoms with van der Waals surface area (Å²) in [4.78, 5) is 4.09. The fraction of sp³-hybridized carbons (Fsp3) is 0.357. The van der Waals surface area contributed by atoms with Gasteiger partial charge < -0.3 is 9.84 Å². The van der Waals surface area contributed by atoms with E-state index in [-0.39, 0.29) is 6.10 Å². The summed E-state index contributed by atoms with van der Waals surface area (Å²) in [6.07, 6.45) is 3.55. The second-order valence-corrected chi connectivity index (χ2v) is 4.07. The maximum absolute atomic E-state index is 10.3. The average Bonchev–Trinajstić information content (AvgIpc) is 2.39. The van der Waals surface area contributed by atoms with Crippen LogP contribution in [0.3, 0.4) is 0 Å². The van der Waals surface area contributed by atoms with Gasteiger partial charge in [-0.2, -0.15) is 0 Å². The number of aromatic nitrogens is 1. The Morgan fingerprint density at radius 2 is 2.18 bits per heavy atom. The van der Waals surface area contributed by atoms with E-state index in [1.165, 1.54) is 0 Å². The number of hydrogen-bond acceptors (Lipinski definition) is 3. The minimum absolute atomic E-state index is 0.172. The lowest BCUT2D eigenvalue weighted by atomic mass is 9.97. The Morgan fingerprint density at radius 1 is 1.35 bits per heavy atom. The number of ether oxygens (including phenoxy) is 1. The molecule has 0 fully saturated rings. The number of hydrogen-bond donors (Lipinski definition) is 1. The number of nitrogens with zero attached hydrogens (tertiary/aromatic N) is 1. The van der Waals surface area contributed by atoms with Gasteiger partial charge in [0.15, 0.2) is 0 Å². The molecule has 0 spiro atoms. The molecule has 0 aliphatic heterocycles. The van der Waals surface area contributed by atoms with E-state index >= 15 is 0 Å². The summed E-state index contributed by atoms with van der Waals surface area (Å²) < 4.78 is 5.30. The topological polar surface area (TPSA) is 42.4 Å². The first-order valence-electron chi connectivity index (χ1n) is 5.81. The first kappa shape index (κ1) is 12.0. The molecule has 3 heteroatoms. The molecule has 17 heavy (non-hydrogen) atoms. The molecule has 0 saturated carbocycles. The maximum atomic E-state index is 10.3. The van der Waals surface area contributed by atoms with Crippen molar-refractivity contribution in [2.24, 2.45) is 0 Å². The molecular formula is C14H17NO2. The van der Waals surface area contributed by atoms with E-state index < -0.39 is 6.10 Å². The van der Waals surface area contributed by atoms with E-state index in [1.54, 1.807) is 19.5 Å². The Labute approximate surface area is 101 Å². The molecule has 2 unspecified atom stereocenters. The minimum atomic E-state index is -0.601. The van der Waals surface area contributed by atoms with Crippen LogP contribution in [-0.4, -0.2) is 23.3 Å². The van der Waals surface area contributed by atoms with Gasteiger partial charge in [0.1, 0.15) is 6.10 Å². The molecule has 1 aromatic carbocycles. The Kier molecular flexibility index (Phi) is 3.71. The van der Waals surface area contributed by atoms with E-state index in [9.17, 15) is 5.11 Å². The number of methoxy groups -OCH3 is 1. The zero-order valence-electron chi connectivity index (χ0n) is 10.1. The number of fused-ring (bicyclic) bond motifs is 1. The van der Waals surface area contributed by atoms with Crippen molar-refractivity contribution in [1.29, 1.82) is 0 Å². The van der Waals surface area contributed by atoms with Gasteiger partial charge in [-0.1, -0.05) is 25.1 Å². The van der Waals surface area contributed by atoms with Crippen LogP contribution >= 0.6 is 0 Å². The minimum Gasteiger partial charge on any atom is -0.386 e. The van der Waals surface area contributed by atoms with Crippen LogP contribution in [0.4, 0.5) is 0 Å². The summed E-state index contributed by atoms with van der Waals surface area (Å²) in [6.45, 7) is 2.00. The van der Waals surface area contributed by atoms with Crippen molar-refractivity contribution < 1.29 is 9.84 Å². The summed E-state index contributed by atoms with van der Waals surface area (Å²) in [7, 11) is 1.63. The highest BCUT2D eigenvalue weighted by atomic mass is 16.5. The number of pyridine rings is 1. The standard InChI is InChI=1S/C14H17NO2/c1-3-13(17-2)14(16)12-6-4-5-10-9-15-8-7-11(10)12/h4-9,13-14,16H,3H2,1-2H3. The van der Waals surface area contributed by atoms with Crippen LogP contribution in [0.15, 0.2) is 36.7 Å². The number of benzene rings is 1. The first-order valence-corrected chi connectivity index (χ1v) is 5.81. The zero-order chi connectivity index (χ0) is 12.3. The fourth-order valence-corrected chi connectivity index (χ4v) is 2.12. The molecule has 2 aromatic rings. The molecule has 0 aliphatic rings. The predicted molar refractivity (Wildman–Crippen MR) is 67.8 cm³/mol. The summed E-state index contributed by atoms with van der Waals surface area (Å²) in [5, 5.41) is 12.4. The van der Waals surface area contributed by atoms with Crippen molar-refractivity contribution in [3.05, 3.63) is 42.2 Å². The van der Waals surface area contributed by atoms with Crippen LogP contribution < -0.4 is 0 Å². The van der Waals surface area contributed by atoms with Crippen molar-refractivity contribution in [2.75, 3.05) is 7.11 Å². The molecule has 0 saturated heterocycles. The van der Waals surface area contributed by atoms with Gasteiger partial charge in [-0.25, -0.2) is 0 Å². The predicted octanol–water partition coefficient (Wildman–Crippen LogP) is 2.69. The lowest BCUT2D eigenvalue weighted by molar-refractivity contribution is -0.0141. The molecule has 1 aromatic heterocycles. The smallest absolute Gasteiger partial charge is 0.106 e. The normalized spacial score (nSPS) is 14.8. The summed E-state index contributed by atoms with van der Waals surface area (Å²) in [6, 6.07) is 7.79. The average molecular weight is 231 g/mol. The van der Waals surface area contributed by atoms with Crippen LogP contribution in [0.1, 0.15) is 25.0 Å². The van der Waals surface area contributed by atoms with Crippen molar-refractivity contribution in [3.63, 3.8) is 0 Å². The van der Waals surface area contributed by atoms with E-state index in [1.807, 2.05) is 31.2 Å². The molecule has 0 amide bonds. The first-order chi connectivity index (χ1) is 8.27. The monoisotopic (exact) mass is 231 g/mol. The third-order valence-electron chi connectivity index (χ3n) is 3.09. The molecule has 1 heterocycles. The van der Waals surface area contributed by atoms with E-state index in [0.717, 1.165) is 22.8 Å². The van der Waals surface area contributed by atoms with Gasteiger partial charge in [0.2, 0.25) is 0 Å². The third-order valence-corrected chi connectivity index (χ3v) is 3.09. The van der Waals surface area contributed by atoms with Crippen LogP contribution in [0, 0.1) is 0 Å². The van der Waals surface area contributed by atoms with Crippen molar-refractivity contribution >= 4 is 10.8 Å². The molecule has 3 nitrogen and oxygen atoms in total. The van der Waals surface area contributed by atoms with E-state index in [2.05, 4.69) is 4.98 Å². The largest absolute Gasteiger partial charge is 0.386 e. The quantitative estimate of drug-likeness (QED) is 0.879. The molecule has 90 valence electrons. The molecule has 0 radical (unpaired) electrons. The van der Waals surface area contributed by atoms with Gasteiger partial charge in [0, 0.05) is 24.9 Å². The van der Waals surface area contributed by atoms with E-state index in [0.29, 0.717) is 0 Å². The lowest BCUT2D eigenvalue weighted by Gasteiger charge is -2.21. The van der Waals surface area contributed by atoms with Gasteiger partial charge in [0.25, 0.3) is 0 Å². The van der Waals surface area contributed by atoms with Crippen LogP contribution in [0.25, 0.3) is 10.8 Å². The number of aliphatic hydroxyl groups excluding tert-OH is 1. The van der Waals surface area contributed by atoms with Gasteiger partial charge in [-0.15, -0.1) is 0 Å². The maximum Gasteiger partial charge on any atom is 0.106 e. The highest BCUT2D eigenvalue weighted by Gasteiger charge is 2.20. The van der Waals surface area contributed by atoms with Crippen LogP contribution in [-0.2, 0) is 4.74 Å². The summed E-state index contributed by atoms with van der Waals surface area (Å²) in [5.41, 5.74) is 0.901. The van der Waals surface area contributed by atoms with Gasteiger partial charge in [-0.05, 0) is 23.4 Å². The van der Waals surface area contributed by atoms with Crippen molar-refractivity contribution in [3.8, 4) is 0 Å². The summed E-state index contributed by atoms with van der Waals surface area (Å²) >= 11 is 0. The van der Waals surface area contributed by atoms with Gasteiger partial charge in [-0.3, -0.25) is 4.98 Å². The zero-order valence-corrected chi connectivity index (χ0v) is 10.1. The molecule has 0 aliphatic carbocycles. The SMILES string of the molecule is CCC(OC)C(O)c1cccc2cnccc12. The highest BCUT2D eigenvalue weighted by molar-refractivity contribution is 5.85. The Morgan fingerprint density at radius 3 is 2.88 bits per heavy atom. The van der Waals surface area contributed by atoms with E-state index in [4.69, 9.17) is 4.74 Å². The number of aliphatic hydroxyl groups is 1. The Hall–Kier alpha value is -1.45. The number of rotatable bonds is 4. The molecular weight excluding hydrogens is 214 g/mol. The van der Waals surface area contributed by atoms with Crippen molar-refractivity contribution in [1.82, 2.24) is 4.98 Å². The summed E-state index contributed by atoms with van der Waals surface area (Å²) in [5.74, 6) is 0. The molecule has 2 atom stereocenters. The Bertz CT molecular complexity index is 489. The fourth-order valence-electron chi connectivity index (χ4n) is 2.12. The van der Waals surface area contributed by atoms with Gasteiger partial charge >= 0.3 is 0 Å². The Balaban J connectivity index is 2.47. The lowest BCUT2D eigenvalue weighted by Crippen LogP contribution is -2.20. The highest BCUT2D eigenvalue weighted by Crippen LogP contribution is 2.27. The van der Waals surface area contributed by atoms with Gasteiger partial charge in [0.05, 0.1) is 6.10 Å². The second kappa shape index (κ2) is 5.25. The van der Waals surface area contributed by atoms with Crippen LogP contribution in [0.2, 0.25) is 0 Å². The third kappa shape index (κ3) is 2.30. The van der Waals surface area contributed by atoms with Crippen LogP contribution in [0.5, 0.6) is 0 Å². The second-order valence-electron chi connectivity index (χ2n) is 4.07.